The predicted octanol–water partition coefficient (Wildman–Crippen LogP) is 3.37. The molecule has 0 bridgehead atoms. The SMILES string of the molecule is Cc1nc(NC(=O)Cn2cc(Cl)cc(Cl)c2=O)sc1C(=O)OCC(C)C. The van der Waals surface area contributed by atoms with E-state index in [1.165, 1.54) is 12.3 Å². The maximum atomic E-state index is 12.2. The third-order valence-electron chi connectivity index (χ3n) is 3.10. The van der Waals surface area contributed by atoms with E-state index in [1.807, 2.05) is 13.8 Å². The third-order valence-corrected chi connectivity index (χ3v) is 4.63. The Hall–Kier alpha value is -1.90. The molecule has 0 fully saturated rings. The summed E-state index contributed by atoms with van der Waals surface area (Å²) >= 11 is 12.6. The third kappa shape index (κ3) is 5.30. The van der Waals surface area contributed by atoms with Gasteiger partial charge in [0.25, 0.3) is 5.56 Å². The van der Waals surface area contributed by atoms with Crippen LogP contribution in [0.2, 0.25) is 10.0 Å². The number of halogens is 2. The van der Waals surface area contributed by atoms with Gasteiger partial charge in [-0.25, -0.2) is 9.78 Å². The van der Waals surface area contributed by atoms with Crippen molar-refractivity contribution in [1.82, 2.24) is 9.55 Å². The first-order valence-corrected chi connectivity index (χ1v) is 9.24. The van der Waals surface area contributed by atoms with Crippen molar-refractivity contribution in [2.24, 2.45) is 5.92 Å². The minimum atomic E-state index is -0.528. The number of carbonyl (C=O) groups is 2. The summed E-state index contributed by atoms with van der Waals surface area (Å²) in [6, 6.07) is 1.30. The highest BCUT2D eigenvalue weighted by atomic mass is 35.5. The van der Waals surface area contributed by atoms with Crippen LogP contribution in [0.25, 0.3) is 0 Å². The van der Waals surface area contributed by atoms with Crippen LogP contribution in [0.15, 0.2) is 17.1 Å². The number of nitrogens with one attached hydrogen (secondary N) is 1. The molecule has 0 aliphatic rings. The second-order valence-electron chi connectivity index (χ2n) is 5.91. The molecule has 26 heavy (non-hydrogen) atoms. The molecule has 2 aromatic heterocycles. The number of thiazole rings is 1. The number of carbonyl (C=O) groups excluding carboxylic acids is 2. The highest BCUT2D eigenvalue weighted by molar-refractivity contribution is 7.17. The van der Waals surface area contributed by atoms with Gasteiger partial charge in [-0.1, -0.05) is 48.4 Å². The van der Waals surface area contributed by atoms with E-state index in [4.69, 9.17) is 27.9 Å². The maximum Gasteiger partial charge on any atom is 0.350 e. The van der Waals surface area contributed by atoms with Crippen LogP contribution in [0.4, 0.5) is 5.13 Å². The zero-order chi connectivity index (χ0) is 19.4. The standard InChI is InChI=1S/C16H17Cl2N3O4S/c1-8(2)7-25-15(24)13-9(3)19-16(26-13)20-12(22)6-21-5-10(17)4-11(18)14(21)23/h4-5,8H,6-7H2,1-3H3,(H,19,20,22). The van der Waals surface area contributed by atoms with Gasteiger partial charge in [-0.2, -0.15) is 0 Å². The Morgan fingerprint density at radius 1 is 1.38 bits per heavy atom. The lowest BCUT2D eigenvalue weighted by atomic mass is 10.2. The second-order valence-corrected chi connectivity index (χ2v) is 7.76. The van der Waals surface area contributed by atoms with Gasteiger partial charge < -0.3 is 14.6 Å². The largest absolute Gasteiger partial charge is 0.461 e. The number of hydrogen-bond donors (Lipinski definition) is 1. The van der Waals surface area contributed by atoms with Crippen LogP contribution >= 0.6 is 34.5 Å². The normalized spacial score (nSPS) is 10.8. The second kappa shape index (κ2) is 8.66. The quantitative estimate of drug-likeness (QED) is 0.727. The van der Waals surface area contributed by atoms with Gasteiger partial charge in [0.1, 0.15) is 16.4 Å². The average Bonchev–Trinajstić information content (AvgIpc) is 2.90. The molecule has 10 heteroatoms. The minimum absolute atomic E-state index is 0.0782. The van der Waals surface area contributed by atoms with Crippen molar-refractivity contribution in [2.45, 2.75) is 27.3 Å². The molecule has 2 rings (SSSR count). The van der Waals surface area contributed by atoms with Crippen molar-refractivity contribution in [3.05, 3.63) is 43.2 Å². The molecule has 0 atom stereocenters. The maximum absolute atomic E-state index is 12.2. The summed E-state index contributed by atoms with van der Waals surface area (Å²) in [7, 11) is 0. The molecule has 7 nitrogen and oxygen atoms in total. The monoisotopic (exact) mass is 417 g/mol. The van der Waals surface area contributed by atoms with E-state index in [0.29, 0.717) is 17.2 Å². The summed E-state index contributed by atoms with van der Waals surface area (Å²) < 4.78 is 6.27. The molecule has 0 unspecified atom stereocenters. The van der Waals surface area contributed by atoms with Crippen LogP contribution in [0.3, 0.4) is 0 Å². The van der Waals surface area contributed by atoms with Crippen LogP contribution in [0, 0.1) is 12.8 Å². The van der Waals surface area contributed by atoms with Crippen molar-refractivity contribution in [2.75, 3.05) is 11.9 Å². The predicted molar refractivity (Wildman–Crippen MR) is 101 cm³/mol. The number of rotatable bonds is 6. The Kier molecular flexibility index (Phi) is 6.80. The van der Waals surface area contributed by atoms with E-state index in [0.717, 1.165) is 15.9 Å². The van der Waals surface area contributed by atoms with Crippen molar-refractivity contribution < 1.29 is 14.3 Å². The Balaban J connectivity index is 2.07. The minimum Gasteiger partial charge on any atom is -0.461 e. The zero-order valence-corrected chi connectivity index (χ0v) is 16.7. The number of pyridine rings is 1. The molecule has 0 aromatic carbocycles. The number of ether oxygens (including phenoxy) is 1. The Morgan fingerprint density at radius 3 is 2.73 bits per heavy atom. The number of aromatic nitrogens is 2. The zero-order valence-electron chi connectivity index (χ0n) is 14.3. The summed E-state index contributed by atoms with van der Waals surface area (Å²) in [6.45, 7) is 5.53. The summed E-state index contributed by atoms with van der Waals surface area (Å²) in [5, 5.41) is 2.95. The van der Waals surface area contributed by atoms with E-state index in [9.17, 15) is 14.4 Å². The first kappa shape index (κ1) is 20.4. The summed E-state index contributed by atoms with van der Waals surface area (Å²) in [5.41, 5.74) is -0.0680. The number of anilines is 1. The lowest BCUT2D eigenvalue weighted by molar-refractivity contribution is -0.116. The molecule has 1 N–H and O–H groups in total. The first-order valence-electron chi connectivity index (χ1n) is 7.67. The molecule has 0 radical (unpaired) electrons. The van der Waals surface area contributed by atoms with E-state index < -0.39 is 17.4 Å². The number of amides is 1. The molecule has 2 heterocycles. The Morgan fingerprint density at radius 2 is 2.08 bits per heavy atom. The van der Waals surface area contributed by atoms with Gasteiger partial charge >= 0.3 is 5.97 Å². The molecular formula is C16H17Cl2N3O4S. The first-order chi connectivity index (χ1) is 12.2. The fourth-order valence-electron chi connectivity index (χ4n) is 1.94. The number of esters is 1. The van der Waals surface area contributed by atoms with Crippen LogP contribution in [0.5, 0.6) is 0 Å². The molecule has 2 aromatic rings. The van der Waals surface area contributed by atoms with Crippen molar-refractivity contribution in [3.63, 3.8) is 0 Å². The Labute approximate surface area is 163 Å². The summed E-state index contributed by atoms with van der Waals surface area (Å²) in [4.78, 5) is 40.6. The van der Waals surface area contributed by atoms with Gasteiger partial charge in [0.15, 0.2) is 5.13 Å². The van der Waals surface area contributed by atoms with Crippen LogP contribution in [0.1, 0.15) is 29.2 Å². The highest BCUT2D eigenvalue weighted by Gasteiger charge is 2.18. The number of aryl methyl sites for hydroxylation is 1. The van der Waals surface area contributed by atoms with Gasteiger partial charge in [0.05, 0.1) is 17.3 Å². The lowest BCUT2D eigenvalue weighted by Crippen LogP contribution is -2.27. The Bertz CT molecular complexity index is 892. The average molecular weight is 418 g/mol. The molecule has 1 amide bonds. The van der Waals surface area contributed by atoms with E-state index in [2.05, 4.69) is 10.3 Å². The van der Waals surface area contributed by atoms with Crippen molar-refractivity contribution in [1.29, 1.82) is 0 Å². The number of nitrogens with zero attached hydrogens (tertiary/aromatic N) is 2. The van der Waals surface area contributed by atoms with Crippen LogP contribution < -0.4 is 10.9 Å². The van der Waals surface area contributed by atoms with Gasteiger partial charge in [-0.05, 0) is 18.9 Å². The van der Waals surface area contributed by atoms with Crippen molar-refractivity contribution in [3.8, 4) is 0 Å². The topological polar surface area (TPSA) is 90.3 Å². The molecule has 0 saturated heterocycles. The molecule has 0 saturated carbocycles. The smallest absolute Gasteiger partial charge is 0.350 e. The van der Waals surface area contributed by atoms with Gasteiger partial charge in [0, 0.05) is 6.20 Å². The molecule has 0 aliphatic carbocycles. The van der Waals surface area contributed by atoms with Gasteiger partial charge in [-0.15, -0.1) is 0 Å². The van der Waals surface area contributed by atoms with E-state index in [-0.39, 0.29) is 27.6 Å². The highest BCUT2D eigenvalue weighted by Crippen LogP contribution is 2.23. The molecule has 0 aliphatic heterocycles. The van der Waals surface area contributed by atoms with E-state index in [1.54, 1.807) is 6.92 Å². The molecular weight excluding hydrogens is 401 g/mol. The van der Waals surface area contributed by atoms with Crippen LogP contribution in [-0.2, 0) is 16.1 Å². The van der Waals surface area contributed by atoms with Crippen molar-refractivity contribution >= 4 is 51.5 Å². The summed E-state index contributed by atoms with van der Waals surface area (Å²) in [6.07, 6.45) is 1.32. The fourth-order valence-corrected chi connectivity index (χ4v) is 3.33. The lowest BCUT2D eigenvalue weighted by Gasteiger charge is -2.06. The number of hydrogen-bond acceptors (Lipinski definition) is 6. The van der Waals surface area contributed by atoms with Gasteiger partial charge in [-0.3, -0.25) is 9.59 Å². The van der Waals surface area contributed by atoms with Gasteiger partial charge in [0.2, 0.25) is 5.91 Å². The van der Waals surface area contributed by atoms with Crippen LogP contribution in [-0.4, -0.2) is 28.0 Å². The fraction of sp³-hybridized carbons (Fsp3) is 0.375. The summed E-state index contributed by atoms with van der Waals surface area (Å²) in [5.74, 6) is -0.762. The van der Waals surface area contributed by atoms with E-state index >= 15 is 0 Å². The molecule has 140 valence electrons. The molecule has 0 spiro atoms.